The molecule has 0 aliphatic rings. The standard InChI is InChI=1S/C25H25N7O3.H2O4S/c1-31-20-10-7-17(25(35)32(13-11-23(33)34)21-4-2-3-12-28-21)14-19(20)30-22(31)15-29-18-8-5-16(6-9-18)24(26)27;1-5(2,3)4/h2-10,12,14,29H,11,13,15H2,1H3,(H3,26,27)(H,33,34);(H2,1,2,3,4). The minimum Gasteiger partial charge on any atom is -0.481 e. The Morgan fingerprint density at radius 1 is 1.07 bits per heavy atom. The number of hydrogen-bond donors (Lipinski definition) is 6. The van der Waals surface area contributed by atoms with Crippen molar-refractivity contribution < 1.29 is 32.2 Å². The molecule has 1 amide bonds. The number of nitrogen functional groups attached to an aromatic ring is 1. The van der Waals surface area contributed by atoms with Gasteiger partial charge in [0.25, 0.3) is 5.91 Å². The number of rotatable bonds is 9. The third kappa shape index (κ3) is 8.32. The first-order chi connectivity index (χ1) is 18.8. The van der Waals surface area contributed by atoms with Gasteiger partial charge in [-0.2, -0.15) is 8.42 Å². The van der Waals surface area contributed by atoms with Crippen LogP contribution in [0.25, 0.3) is 11.0 Å². The lowest BCUT2D eigenvalue weighted by molar-refractivity contribution is -0.136. The number of aryl methyl sites for hydroxylation is 1. The number of aliphatic carboxylic acids is 1. The van der Waals surface area contributed by atoms with Gasteiger partial charge in [0, 0.05) is 36.6 Å². The SMILES string of the molecule is Cn1c(CNc2ccc(C(=N)N)cc2)nc2cc(C(=O)N(CCC(=O)O)c3ccccn3)ccc21.O=S(=O)(O)O. The summed E-state index contributed by atoms with van der Waals surface area (Å²) in [6, 6.07) is 17.6. The number of benzene rings is 2. The number of nitrogens with zero attached hydrogens (tertiary/aromatic N) is 4. The fourth-order valence-corrected chi connectivity index (χ4v) is 3.69. The number of carbonyl (C=O) groups is 2. The molecule has 2 aromatic heterocycles. The summed E-state index contributed by atoms with van der Waals surface area (Å²) in [5.41, 5.74) is 8.92. The number of amides is 1. The fourth-order valence-electron chi connectivity index (χ4n) is 3.69. The molecule has 0 atom stereocenters. The summed E-state index contributed by atoms with van der Waals surface area (Å²) in [5, 5.41) is 19.9. The molecule has 0 bridgehead atoms. The van der Waals surface area contributed by atoms with Crippen LogP contribution >= 0.6 is 0 Å². The summed E-state index contributed by atoms with van der Waals surface area (Å²) in [6.45, 7) is 0.454. The van der Waals surface area contributed by atoms with E-state index in [2.05, 4.69) is 15.3 Å². The molecule has 0 radical (unpaired) electrons. The van der Waals surface area contributed by atoms with Crippen molar-refractivity contribution in [2.45, 2.75) is 13.0 Å². The molecule has 0 saturated carbocycles. The number of carboxylic acids is 1. The second-order valence-corrected chi connectivity index (χ2v) is 9.27. The van der Waals surface area contributed by atoms with Crippen LogP contribution in [0.15, 0.2) is 66.9 Å². The van der Waals surface area contributed by atoms with E-state index in [0.29, 0.717) is 29.0 Å². The molecular formula is C25H27N7O7S. The number of aromatic nitrogens is 3. The Hall–Kier alpha value is -4.86. The first-order valence-electron chi connectivity index (χ1n) is 11.6. The van der Waals surface area contributed by atoms with Crippen LogP contribution in [0.3, 0.4) is 0 Å². The Labute approximate surface area is 229 Å². The number of fused-ring (bicyclic) bond motifs is 1. The van der Waals surface area contributed by atoms with Crippen LogP contribution in [0, 0.1) is 5.41 Å². The average molecular weight is 570 g/mol. The molecule has 0 aliphatic heterocycles. The molecular weight excluding hydrogens is 542 g/mol. The van der Waals surface area contributed by atoms with Crippen LogP contribution < -0.4 is 16.0 Å². The van der Waals surface area contributed by atoms with Crippen molar-refractivity contribution in [3.8, 4) is 0 Å². The van der Waals surface area contributed by atoms with Gasteiger partial charge in [-0.3, -0.25) is 29.0 Å². The summed E-state index contributed by atoms with van der Waals surface area (Å²) in [5.74, 6) is -0.162. The minimum absolute atomic E-state index is 0.00300. The van der Waals surface area contributed by atoms with E-state index in [1.54, 1.807) is 48.7 Å². The van der Waals surface area contributed by atoms with E-state index >= 15 is 0 Å². The number of hydrogen-bond acceptors (Lipinski definition) is 8. The second-order valence-electron chi connectivity index (χ2n) is 8.37. The highest BCUT2D eigenvalue weighted by atomic mass is 32.3. The van der Waals surface area contributed by atoms with E-state index in [4.69, 9.17) is 33.8 Å². The van der Waals surface area contributed by atoms with E-state index in [0.717, 1.165) is 17.0 Å². The average Bonchev–Trinajstić information content (AvgIpc) is 3.21. The Kier molecular flexibility index (Phi) is 9.50. The lowest BCUT2D eigenvalue weighted by Crippen LogP contribution is -2.33. The highest BCUT2D eigenvalue weighted by molar-refractivity contribution is 7.79. The van der Waals surface area contributed by atoms with E-state index in [-0.39, 0.29) is 24.7 Å². The van der Waals surface area contributed by atoms with Crippen molar-refractivity contribution in [3.63, 3.8) is 0 Å². The van der Waals surface area contributed by atoms with Gasteiger partial charge in [-0.1, -0.05) is 6.07 Å². The largest absolute Gasteiger partial charge is 0.481 e. The molecule has 7 N–H and O–H groups in total. The van der Waals surface area contributed by atoms with Crippen molar-refractivity contribution in [1.29, 1.82) is 5.41 Å². The van der Waals surface area contributed by atoms with Crippen molar-refractivity contribution >= 4 is 50.6 Å². The molecule has 40 heavy (non-hydrogen) atoms. The highest BCUT2D eigenvalue weighted by Gasteiger charge is 2.21. The maximum atomic E-state index is 13.3. The van der Waals surface area contributed by atoms with Crippen LogP contribution in [-0.2, 0) is 28.8 Å². The normalized spacial score (nSPS) is 10.9. The molecule has 210 valence electrons. The first-order valence-corrected chi connectivity index (χ1v) is 13.0. The Morgan fingerprint density at radius 3 is 2.30 bits per heavy atom. The summed E-state index contributed by atoms with van der Waals surface area (Å²) in [4.78, 5) is 34.7. The molecule has 4 aromatic rings. The predicted octanol–water partition coefficient (Wildman–Crippen LogP) is 2.33. The van der Waals surface area contributed by atoms with E-state index in [1.165, 1.54) is 4.90 Å². The molecule has 0 fully saturated rings. The Bertz CT molecular complexity index is 1610. The molecule has 0 spiro atoms. The van der Waals surface area contributed by atoms with Gasteiger partial charge in [-0.15, -0.1) is 0 Å². The predicted molar refractivity (Wildman–Crippen MR) is 148 cm³/mol. The monoisotopic (exact) mass is 569 g/mol. The molecule has 2 aromatic carbocycles. The zero-order valence-corrected chi connectivity index (χ0v) is 22.0. The van der Waals surface area contributed by atoms with Gasteiger partial charge >= 0.3 is 16.4 Å². The minimum atomic E-state index is -4.67. The van der Waals surface area contributed by atoms with E-state index in [1.807, 2.05) is 29.8 Å². The van der Waals surface area contributed by atoms with Crippen LogP contribution in [0.5, 0.6) is 0 Å². The number of pyridine rings is 1. The number of carboxylic acid groups (broad SMARTS) is 1. The third-order valence-corrected chi connectivity index (χ3v) is 5.59. The van der Waals surface area contributed by atoms with Crippen LogP contribution in [0.1, 0.15) is 28.2 Å². The Morgan fingerprint density at radius 2 is 1.73 bits per heavy atom. The van der Waals surface area contributed by atoms with Gasteiger partial charge in [0.2, 0.25) is 0 Å². The highest BCUT2D eigenvalue weighted by Crippen LogP contribution is 2.21. The molecule has 14 nitrogen and oxygen atoms in total. The number of anilines is 2. The molecule has 15 heteroatoms. The smallest absolute Gasteiger partial charge is 0.394 e. The van der Waals surface area contributed by atoms with Crippen molar-refractivity contribution in [3.05, 3.63) is 83.8 Å². The first kappa shape index (κ1) is 29.7. The number of amidine groups is 1. The van der Waals surface area contributed by atoms with Gasteiger partial charge in [-0.25, -0.2) is 9.97 Å². The molecule has 2 heterocycles. The van der Waals surface area contributed by atoms with Gasteiger partial charge in [0.1, 0.15) is 17.5 Å². The van der Waals surface area contributed by atoms with Gasteiger partial charge in [0.15, 0.2) is 0 Å². The number of nitrogens with one attached hydrogen (secondary N) is 2. The van der Waals surface area contributed by atoms with Crippen LogP contribution in [0.4, 0.5) is 11.5 Å². The zero-order valence-electron chi connectivity index (χ0n) is 21.2. The molecule has 0 aliphatic carbocycles. The van der Waals surface area contributed by atoms with E-state index < -0.39 is 16.4 Å². The Balaban J connectivity index is 0.000000810. The lowest BCUT2D eigenvalue weighted by atomic mass is 10.1. The van der Waals surface area contributed by atoms with E-state index in [9.17, 15) is 9.59 Å². The number of carbonyl (C=O) groups excluding carboxylic acids is 1. The quantitative estimate of drug-likeness (QED) is 0.0974. The topological polar surface area (TPSA) is 225 Å². The van der Waals surface area contributed by atoms with Gasteiger partial charge < -0.3 is 20.7 Å². The van der Waals surface area contributed by atoms with Crippen LogP contribution in [0.2, 0.25) is 0 Å². The summed E-state index contributed by atoms with van der Waals surface area (Å²) >= 11 is 0. The maximum absolute atomic E-state index is 13.3. The van der Waals surface area contributed by atoms with Gasteiger partial charge in [-0.05, 0) is 54.6 Å². The lowest BCUT2D eigenvalue weighted by Gasteiger charge is -2.21. The van der Waals surface area contributed by atoms with Crippen LogP contribution in [-0.4, -0.2) is 61.4 Å². The van der Waals surface area contributed by atoms with Crippen molar-refractivity contribution in [2.75, 3.05) is 16.8 Å². The summed E-state index contributed by atoms with van der Waals surface area (Å²) in [6.07, 6.45) is 1.36. The number of nitrogens with two attached hydrogens (primary N) is 1. The maximum Gasteiger partial charge on any atom is 0.394 e. The van der Waals surface area contributed by atoms with Crippen molar-refractivity contribution in [2.24, 2.45) is 12.8 Å². The number of imidazole rings is 1. The van der Waals surface area contributed by atoms with Gasteiger partial charge in [0.05, 0.1) is 24.0 Å². The summed E-state index contributed by atoms with van der Waals surface area (Å²) < 4.78 is 33.5. The van der Waals surface area contributed by atoms with Crippen molar-refractivity contribution in [1.82, 2.24) is 14.5 Å². The fraction of sp³-hybridized carbons (Fsp3) is 0.160. The third-order valence-electron chi connectivity index (χ3n) is 5.59. The molecule has 4 rings (SSSR count). The summed E-state index contributed by atoms with van der Waals surface area (Å²) in [7, 11) is -2.76. The zero-order chi connectivity index (χ0) is 29.4. The second kappa shape index (κ2) is 12.8. The molecule has 0 unspecified atom stereocenters. The molecule has 0 saturated heterocycles.